The fourth-order valence-corrected chi connectivity index (χ4v) is 4.94. The third kappa shape index (κ3) is 2.12. The van der Waals surface area contributed by atoms with Gasteiger partial charge in [0.05, 0.1) is 0 Å². The summed E-state index contributed by atoms with van der Waals surface area (Å²) in [5, 5.41) is 3.81. The van der Waals surface area contributed by atoms with Crippen LogP contribution in [0.2, 0.25) is 0 Å². The number of hydrogen-bond acceptors (Lipinski definition) is 2. The van der Waals surface area contributed by atoms with Crippen LogP contribution in [0.1, 0.15) is 44.9 Å². The van der Waals surface area contributed by atoms with Crippen LogP contribution < -0.4 is 11.1 Å². The Morgan fingerprint density at radius 1 is 0.944 bits per heavy atom. The van der Waals surface area contributed by atoms with Gasteiger partial charge in [-0.1, -0.05) is 0 Å². The van der Waals surface area contributed by atoms with Crippen molar-refractivity contribution in [2.24, 2.45) is 41.2 Å². The minimum absolute atomic E-state index is 0.511. The quantitative estimate of drug-likeness (QED) is 0.757. The highest BCUT2D eigenvalue weighted by atomic mass is 14.9. The van der Waals surface area contributed by atoms with Gasteiger partial charge in [-0.25, -0.2) is 0 Å². The first kappa shape index (κ1) is 11.7. The zero-order valence-corrected chi connectivity index (χ0v) is 11.5. The molecule has 0 spiro atoms. The van der Waals surface area contributed by atoms with E-state index in [0.717, 1.165) is 35.5 Å². The molecule has 3 N–H and O–H groups in total. The molecule has 0 aliphatic heterocycles. The summed E-state index contributed by atoms with van der Waals surface area (Å²) in [6, 6.07) is 0.511. The van der Waals surface area contributed by atoms with Crippen LogP contribution in [0.5, 0.6) is 0 Å². The van der Waals surface area contributed by atoms with Crippen molar-refractivity contribution in [3.8, 4) is 0 Å². The number of nitrogens with one attached hydrogen (secondary N) is 1. The van der Waals surface area contributed by atoms with Gasteiger partial charge >= 0.3 is 0 Å². The van der Waals surface area contributed by atoms with Crippen molar-refractivity contribution in [1.29, 1.82) is 0 Å². The van der Waals surface area contributed by atoms with E-state index < -0.39 is 0 Å². The number of hydrogen-bond donors (Lipinski definition) is 2. The standard InChI is InChI=1S/C16H28N2/c17-16-13-6-5-12(7-13)15(16)9-18-8-14(10-1-2-10)11-3-4-11/h10-16,18H,1-9,17H2. The van der Waals surface area contributed by atoms with Gasteiger partial charge in [0, 0.05) is 6.04 Å². The number of nitrogens with two attached hydrogens (primary N) is 1. The summed E-state index contributed by atoms with van der Waals surface area (Å²) in [4.78, 5) is 0. The first-order chi connectivity index (χ1) is 8.83. The Morgan fingerprint density at radius 2 is 1.61 bits per heavy atom. The van der Waals surface area contributed by atoms with E-state index in [1.54, 1.807) is 0 Å². The summed E-state index contributed by atoms with van der Waals surface area (Å²) in [5.74, 6) is 5.79. The Kier molecular flexibility index (Phi) is 2.92. The van der Waals surface area contributed by atoms with Crippen molar-refractivity contribution >= 4 is 0 Å². The van der Waals surface area contributed by atoms with E-state index in [1.807, 2.05) is 0 Å². The van der Waals surface area contributed by atoms with Gasteiger partial charge in [-0.2, -0.15) is 0 Å². The lowest BCUT2D eigenvalue weighted by Gasteiger charge is -2.29. The molecule has 4 unspecified atom stereocenters. The highest BCUT2D eigenvalue weighted by Gasteiger charge is 2.46. The van der Waals surface area contributed by atoms with Crippen molar-refractivity contribution in [2.75, 3.05) is 13.1 Å². The fraction of sp³-hybridized carbons (Fsp3) is 1.00. The molecule has 4 saturated carbocycles. The topological polar surface area (TPSA) is 38.0 Å². The van der Waals surface area contributed by atoms with E-state index in [1.165, 1.54) is 58.0 Å². The van der Waals surface area contributed by atoms with E-state index in [2.05, 4.69) is 5.32 Å². The summed E-state index contributed by atoms with van der Waals surface area (Å²) in [5.41, 5.74) is 6.39. The molecule has 4 atom stereocenters. The number of fused-ring (bicyclic) bond motifs is 2. The molecule has 102 valence electrons. The van der Waals surface area contributed by atoms with E-state index in [-0.39, 0.29) is 0 Å². The van der Waals surface area contributed by atoms with E-state index in [4.69, 9.17) is 5.73 Å². The van der Waals surface area contributed by atoms with E-state index >= 15 is 0 Å². The summed E-state index contributed by atoms with van der Waals surface area (Å²) in [6.07, 6.45) is 10.3. The van der Waals surface area contributed by atoms with Gasteiger partial charge < -0.3 is 11.1 Å². The predicted molar refractivity (Wildman–Crippen MR) is 74.1 cm³/mol. The van der Waals surface area contributed by atoms with Crippen molar-refractivity contribution in [2.45, 2.75) is 51.0 Å². The second-order valence-electron chi connectivity index (χ2n) is 7.57. The molecule has 18 heavy (non-hydrogen) atoms. The predicted octanol–water partition coefficient (Wildman–Crippen LogP) is 2.39. The summed E-state index contributed by atoms with van der Waals surface area (Å²) >= 11 is 0. The van der Waals surface area contributed by atoms with Crippen LogP contribution in [0.15, 0.2) is 0 Å². The van der Waals surface area contributed by atoms with Crippen molar-refractivity contribution in [3.05, 3.63) is 0 Å². The Morgan fingerprint density at radius 3 is 2.17 bits per heavy atom. The molecular formula is C16H28N2. The van der Waals surface area contributed by atoms with Crippen LogP contribution in [0, 0.1) is 35.5 Å². The molecule has 2 bridgehead atoms. The molecule has 4 aliphatic carbocycles. The lowest BCUT2D eigenvalue weighted by molar-refractivity contribution is 0.266. The average Bonchev–Trinajstić information content (AvgIpc) is 3.29. The zero-order chi connectivity index (χ0) is 12.1. The molecule has 0 aromatic carbocycles. The van der Waals surface area contributed by atoms with E-state index in [9.17, 15) is 0 Å². The maximum absolute atomic E-state index is 6.39. The van der Waals surface area contributed by atoms with Gasteiger partial charge in [-0.3, -0.25) is 0 Å². The van der Waals surface area contributed by atoms with Gasteiger partial charge in [0.2, 0.25) is 0 Å². The van der Waals surface area contributed by atoms with Crippen LogP contribution in [0.4, 0.5) is 0 Å². The fourth-order valence-electron chi connectivity index (χ4n) is 4.94. The number of rotatable bonds is 6. The van der Waals surface area contributed by atoms with Crippen LogP contribution in [0.3, 0.4) is 0 Å². The summed E-state index contributed by atoms with van der Waals surface area (Å²) in [6.45, 7) is 2.49. The first-order valence-corrected chi connectivity index (χ1v) is 8.29. The molecule has 0 saturated heterocycles. The van der Waals surface area contributed by atoms with E-state index in [0.29, 0.717) is 6.04 Å². The van der Waals surface area contributed by atoms with Gasteiger partial charge in [-0.15, -0.1) is 0 Å². The maximum atomic E-state index is 6.39. The largest absolute Gasteiger partial charge is 0.327 e. The average molecular weight is 248 g/mol. The van der Waals surface area contributed by atoms with Gasteiger partial charge in [0.1, 0.15) is 0 Å². The van der Waals surface area contributed by atoms with Gasteiger partial charge in [-0.05, 0) is 93.5 Å². The Hall–Kier alpha value is -0.0800. The normalized spacial score (nSPS) is 43.0. The molecule has 4 aliphatic rings. The molecule has 4 fully saturated rings. The van der Waals surface area contributed by atoms with Crippen LogP contribution in [-0.2, 0) is 0 Å². The third-order valence-corrected chi connectivity index (χ3v) is 6.37. The second-order valence-corrected chi connectivity index (χ2v) is 7.57. The molecular weight excluding hydrogens is 220 g/mol. The first-order valence-electron chi connectivity index (χ1n) is 8.29. The lowest BCUT2D eigenvalue weighted by Crippen LogP contribution is -2.42. The minimum Gasteiger partial charge on any atom is -0.327 e. The van der Waals surface area contributed by atoms with Gasteiger partial charge in [0.15, 0.2) is 0 Å². The SMILES string of the molecule is NC1C2CCC(C2)C1CNCC(C1CC1)C1CC1. The summed E-state index contributed by atoms with van der Waals surface area (Å²) < 4.78 is 0. The van der Waals surface area contributed by atoms with Crippen molar-refractivity contribution < 1.29 is 0 Å². The monoisotopic (exact) mass is 248 g/mol. The smallest absolute Gasteiger partial charge is 0.0110 e. The van der Waals surface area contributed by atoms with Crippen LogP contribution in [-0.4, -0.2) is 19.1 Å². The molecule has 4 rings (SSSR count). The minimum atomic E-state index is 0.511. The van der Waals surface area contributed by atoms with Crippen molar-refractivity contribution in [3.63, 3.8) is 0 Å². The zero-order valence-electron chi connectivity index (χ0n) is 11.5. The molecule has 0 aromatic heterocycles. The Bertz CT molecular complexity index is 294. The third-order valence-electron chi connectivity index (χ3n) is 6.37. The highest BCUT2D eigenvalue weighted by molar-refractivity contribution is 5.00. The molecule has 0 heterocycles. The van der Waals surface area contributed by atoms with Crippen molar-refractivity contribution in [1.82, 2.24) is 5.32 Å². The van der Waals surface area contributed by atoms with Gasteiger partial charge in [0.25, 0.3) is 0 Å². The molecule has 0 amide bonds. The van der Waals surface area contributed by atoms with Crippen LogP contribution >= 0.6 is 0 Å². The lowest BCUT2D eigenvalue weighted by atomic mass is 9.85. The summed E-state index contributed by atoms with van der Waals surface area (Å²) in [7, 11) is 0. The Labute approximate surface area is 111 Å². The van der Waals surface area contributed by atoms with Crippen LogP contribution in [0.25, 0.3) is 0 Å². The molecule has 0 radical (unpaired) electrons. The second kappa shape index (κ2) is 4.49. The Balaban J connectivity index is 1.26. The molecule has 0 aromatic rings. The maximum Gasteiger partial charge on any atom is 0.0110 e. The molecule has 2 heteroatoms. The highest BCUT2D eigenvalue weighted by Crippen LogP contribution is 2.49. The molecule has 2 nitrogen and oxygen atoms in total.